The van der Waals surface area contributed by atoms with Crippen molar-refractivity contribution in [3.63, 3.8) is 0 Å². The smallest absolute Gasteiger partial charge is 0.220 e. The molecule has 0 saturated carbocycles. The SMILES string of the molecule is CC[C@@](C)(O)CC(N)=O. The summed E-state index contributed by atoms with van der Waals surface area (Å²) in [6.45, 7) is 3.40. The predicted molar refractivity (Wildman–Crippen MR) is 34.7 cm³/mol. The minimum absolute atomic E-state index is 0.0451. The van der Waals surface area contributed by atoms with Crippen molar-refractivity contribution in [1.29, 1.82) is 0 Å². The summed E-state index contributed by atoms with van der Waals surface area (Å²) in [5.74, 6) is -0.457. The third-order valence-corrected chi connectivity index (χ3v) is 1.32. The molecule has 0 aromatic carbocycles. The molecular formula is C6H13NO2. The Morgan fingerprint density at radius 2 is 2.22 bits per heavy atom. The number of nitrogens with two attached hydrogens (primary N) is 1. The maximum absolute atomic E-state index is 10.2. The van der Waals surface area contributed by atoms with Crippen LogP contribution >= 0.6 is 0 Å². The summed E-state index contributed by atoms with van der Waals surface area (Å²) in [6, 6.07) is 0. The van der Waals surface area contributed by atoms with Gasteiger partial charge in [0.1, 0.15) is 0 Å². The standard InChI is InChI=1S/C6H13NO2/c1-3-6(2,9)4-5(7)8/h9H,3-4H2,1-2H3,(H2,7,8)/t6-/m1/s1. The Morgan fingerprint density at radius 1 is 1.78 bits per heavy atom. The van der Waals surface area contributed by atoms with E-state index in [0.29, 0.717) is 6.42 Å². The quantitative estimate of drug-likeness (QED) is 0.567. The molecule has 0 aliphatic heterocycles. The molecule has 54 valence electrons. The summed E-state index contributed by atoms with van der Waals surface area (Å²) >= 11 is 0. The van der Waals surface area contributed by atoms with Crippen LogP contribution in [0, 0.1) is 0 Å². The molecule has 0 aromatic rings. The molecule has 0 radical (unpaired) electrons. The van der Waals surface area contributed by atoms with Crippen molar-refractivity contribution < 1.29 is 9.90 Å². The zero-order valence-corrected chi connectivity index (χ0v) is 5.85. The molecule has 3 N–H and O–H groups in total. The van der Waals surface area contributed by atoms with Gasteiger partial charge in [-0.05, 0) is 13.3 Å². The van der Waals surface area contributed by atoms with Crippen LogP contribution in [0.3, 0.4) is 0 Å². The lowest BCUT2D eigenvalue weighted by Crippen LogP contribution is -2.30. The van der Waals surface area contributed by atoms with Crippen molar-refractivity contribution in [2.45, 2.75) is 32.3 Å². The highest BCUT2D eigenvalue weighted by Crippen LogP contribution is 2.11. The first kappa shape index (κ1) is 8.43. The minimum Gasteiger partial charge on any atom is -0.390 e. The summed E-state index contributed by atoms with van der Waals surface area (Å²) in [6.07, 6.45) is 0.597. The lowest BCUT2D eigenvalue weighted by atomic mass is 9.99. The highest BCUT2D eigenvalue weighted by Gasteiger charge is 2.19. The van der Waals surface area contributed by atoms with Gasteiger partial charge in [-0.25, -0.2) is 0 Å². The lowest BCUT2D eigenvalue weighted by Gasteiger charge is -2.18. The first-order valence-corrected chi connectivity index (χ1v) is 2.98. The predicted octanol–water partition coefficient (Wildman–Crippen LogP) is 0.0228. The molecule has 0 rings (SSSR count). The number of amides is 1. The van der Waals surface area contributed by atoms with Crippen molar-refractivity contribution in [2.75, 3.05) is 0 Å². The molecule has 0 aliphatic rings. The number of primary amides is 1. The molecule has 0 heterocycles. The van der Waals surface area contributed by atoms with Crippen LogP contribution in [0.2, 0.25) is 0 Å². The Balaban J connectivity index is 3.71. The first-order valence-electron chi connectivity index (χ1n) is 2.98. The molecule has 0 spiro atoms. The van der Waals surface area contributed by atoms with Crippen LogP contribution in [0.15, 0.2) is 0 Å². The third-order valence-electron chi connectivity index (χ3n) is 1.32. The average Bonchev–Trinajstić information content (AvgIpc) is 1.63. The van der Waals surface area contributed by atoms with Gasteiger partial charge in [-0.1, -0.05) is 6.92 Å². The van der Waals surface area contributed by atoms with Crippen LogP contribution < -0.4 is 5.73 Å². The maximum Gasteiger partial charge on any atom is 0.220 e. The van der Waals surface area contributed by atoms with Crippen LogP contribution in [0.4, 0.5) is 0 Å². The molecule has 1 atom stereocenters. The summed E-state index contributed by atoms with van der Waals surface area (Å²) in [4.78, 5) is 10.2. The number of rotatable bonds is 3. The molecule has 0 fully saturated rings. The van der Waals surface area contributed by atoms with Crippen LogP contribution in [-0.2, 0) is 4.79 Å². The number of hydrogen-bond donors (Lipinski definition) is 2. The van der Waals surface area contributed by atoms with Gasteiger partial charge in [0.05, 0.1) is 12.0 Å². The van der Waals surface area contributed by atoms with E-state index in [1.165, 1.54) is 0 Å². The van der Waals surface area contributed by atoms with Gasteiger partial charge < -0.3 is 10.8 Å². The van der Waals surface area contributed by atoms with Crippen LogP contribution in [0.5, 0.6) is 0 Å². The van der Waals surface area contributed by atoms with E-state index in [4.69, 9.17) is 5.73 Å². The van der Waals surface area contributed by atoms with E-state index in [2.05, 4.69) is 0 Å². The van der Waals surface area contributed by atoms with Gasteiger partial charge in [0, 0.05) is 0 Å². The van der Waals surface area contributed by atoms with E-state index in [1.807, 2.05) is 6.92 Å². The van der Waals surface area contributed by atoms with E-state index >= 15 is 0 Å². The Labute approximate surface area is 54.9 Å². The van der Waals surface area contributed by atoms with Crippen molar-refractivity contribution in [3.8, 4) is 0 Å². The third kappa shape index (κ3) is 3.97. The number of aliphatic hydroxyl groups is 1. The van der Waals surface area contributed by atoms with E-state index < -0.39 is 11.5 Å². The monoisotopic (exact) mass is 131 g/mol. The van der Waals surface area contributed by atoms with E-state index in [1.54, 1.807) is 6.92 Å². The lowest BCUT2D eigenvalue weighted by molar-refractivity contribution is -0.122. The Morgan fingerprint density at radius 3 is 2.33 bits per heavy atom. The molecule has 0 bridgehead atoms. The van der Waals surface area contributed by atoms with Gasteiger partial charge in [0.25, 0.3) is 0 Å². The largest absolute Gasteiger partial charge is 0.390 e. The summed E-state index contributed by atoms with van der Waals surface area (Å²) in [7, 11) is 0. The maximum atomic E-state index is 10.2. The van der Waals surface area contributed by atoms with Gasteiger partial charge in [-0.2, -0.15) is 0 Å². The fraction of sp³-hybridized carbons (Fsp3) is 0.833. The Hall–Kier alpha value is -0.570. The molecule has 1 amide bonds. The fourth-order valence-electron chi connectivity index (χ4n) is 0.500. The van der Waals surface area contributed by atoms with Gasteiger partial charge in [0.2, 0.25) is 5.91 Å². The molecule has 0 aliphatic carbocycles. The summed E-state index contributed by atoms with van der Waals surface area (Å²) < 4.78 is 0. The zero-order chi connectivity index (χ0) is 7.49. The van der Waals surface area contributed by atoms with Crippen LogP contribution in [0.1, 0.15) is 26.7 Å². The highest BCUT2D eigenvalue weighted by molar-refractivity contribution is 5.74. The molecule has 9 heavy (non-hydrogen) atoms. The topological polar surface area (TPSA) is 63.3 Å². The van der Waals surface area contributed by atoms with Crippen molar-refractivity contribution in [2.24, 2.45) is 5.73 Å². The van der Waals surface area contributed by atoms with Crippen molar-refractivity contribution >= 4 is 5.91 Å². The van der Waals surface area contributed by atoms with Crippen molar-refractivity contribution in [1.82, 2.24) is 0 Å². The van der Waals surface area contributed by atoms with Crippen LogP contribution in [-0.4, -0.2) is 16.6 Å². The first-order chi connectivity index (χ1) is 3.98. The van der Waals surface area contributed by atoms with Gasteiger partial charge in [-0.3, -0.25) is 4.79 Å². The molecule has 0 aromatic heterocycles. The van der Waals surface area contributed by atoms with E-state index in [-0.39, 0.29) is 6.42 Å². The molecule has 3 nitrogen and oxygen atoms in total. The number of carbonyl (C=O) groups is 1. The molecule has 3 heteroatoms. The van der Waals surface area contributed by atoms with Gasteiger partial charge in [0.15, 0.2) is 0 Å². The summed E-state index contributed by atoms with van der Waals surface area (Å²) in [5, 5.41) is 9.19. The highest BCUT2D eigenvalue weighted by atomic mass is 16.3. The van der Waals surface area contributed by atoms with Crippen molar-refractivity contribution in [3.05, 3.63) is 0 Å². The van der Waals surface area contributed by atoms with Crippen LogP contribution in [0.25, 0.3) is 0 Å². The second-order valence-electron chi connectivity index (χ2n) is 2.49. The second-order valence-corrected chi connectivity index (χ2v) is 2.49. The number of carbonyl (C=O) groups excluding carboxylic acids is 1. The van der Waals surface area contributed by atoms with E-state index in [0.717, 1.165) is 0 Å². The normalized spacial score (nSPS) is 16.8. The van der Waals surface area contributed by atoms with E-state index in [9.17, 15) is 9.90 Å². The average molecular weight is 131 g/mol. The Bertz CT molecular complexity index is 110. The van der Waals surface area contributed by atoms with Gasteiger partial charge in [-0.15, -0.1) is 0 Å². The minimum atomic E-state index is -0.911. The molecular weight excluding hydrogens is 118 g/mol. The molecule has 0 unspecified atom stereocenters. The Kier molecular flexibility index (Phi) is 2.65. The zero-order valence-electron chi connectivity index (χ0n) is 5.85. The second kappa shape index (κ2) is 2.82. The molecule has 0 saturated heterocycles. The van der Waals surface area contributed by atoms with Gasteiger partial charge >= 0.3 is 0 Å². The summed E-state index contributed by atoms with van der Waals surface area (Å²) in [5.41, 5.74) is 3.94. The number of hydrogen-bond acceptors (Lipinski definition) is 2. The fourth-order valence-corrected chi connectivity index (χ4v) is 0.500.